The highest BCUT2D eigenvalue weighted by Crippen LogP contribution is 2.28. The fourth-order valence-corrected chi connectivity index (χ4v) is 3.39. The van der Waals surface area contributed by atoms with Crippen LogP contribution in [0.2, 0.25) is 0 Å². The van der Waals surface area contributed by atoms with Crippen LogP contribution in [-0.4, -0.2) is 66.8 Å². The fraction of sp³-hybridized carbons (Fsp3) is 1.00. The minimum absolute atomic E-state index is 0.141. The first-order valence-electron chi connectivity index (χ1n) is 6.88. The molecule has 0 spiro atoms. The molecule has 0 aromatic carbocycles. The largest absolute Gasteiger partial charge is 0.392 e. The molecule has 2 fully saturated rings. The van der Waals surface area contributed by atoms with Crippen LogP contribution in [0.5, 0.6) is 0 Å². The summed E-state index contributed by atoms with van der Waals surface area (Å²) >= 11 is 0. The lowest BCUT2D eigenvalue weighted by molar-refractivity contribution is 0.156. The molecule has 4 heteroatoms. The van der Waals surface area contributed by atoms with Crippen LogP contribution in [0, 0.1) is 5.92 Å². The lowest BCUT2D eigenvalue weighted by Gasteiger charge is -2.30. The summed E-state index contributed by atoms with van der Waals surface area (Å²) in [6.07, 6.45) is 4.50. The Labute approximate surface area is 105 Å². The van der Waals surface area contributed by atoms with Gasteiger partial charge in [0.15, 0.2) is 0 Å². The van der Waals surface area contributed by atoms with Gasteiger partial charge in [0.1, 0.15) is 0 Å². The van der Waals surface area contributed by atoms with Gasteiger partial charge in [-0.2, -0.15) is 0 Å². The summed E-state index contributed by atoms with van der Waals surface area (Å²) in [5.41, 5.74) is 6.14. The van der Waals surface area contributed by atoms with Gasteiger partial charge in [-0.3, -0.25) is 4.90 Å². The molecular formula is C13H27N3O. The molecule has 1 aliphatic carbocycles. The predicted molar refractivity (Wildman–Crippen MR) is 69.9 cm³/mol. The van der Waals surface area contributed by atoms with Gasteiger partial charge in [0.25, 0.3) is 0 Å². The summed E-state index contributed by atoms with van der Waals surface area (Å²) in [7, 11) is 4.20. The zero-order valence-corrected chi connectivity index (χ0v) is 11.2. The Morgan fingerprint density at radius 2 is 2.12 bits per heavy atom. The third-order valence-corrected chi connectivity index (χ3v) is 4.27. The lowest BCUT2D eigenvalue weighted by atomic mass is 10.0. The molecule has 2 rings (SSSR count). The quantitative estimate of drug-likeness (QED) is 0.733. The van der Waals surface area contributed by atoms with E-state index >= 15 is 0 Å². The minimum atomic E-state index is -0.141. The van der Waals surface area contributed by atoms with Crippen LogP contribution in [0.15, 0.2) is 0 Å². The summed E-state index contributed by atoms with van der Waals surface area (Å²) in [4.78, 5) is 4.67. The Bertz CT molecular complexity index is 247. The van der Waals surface area contributed by atoms with Gasteiger partial charge in [-0.25, -0.2) is 0 Å². The Morgan fingerprint density at radius 3 is 2.71 bits per heavy atom. The Balaban J connectivity index is 1.88. The van der Waals surface area contributed by atoms with Crippen molar-refractivity contribution in [1.29, 1.82) is 0 Å². The molecule has 1 heterocycles. The summed E-state index contributed by atoms with van der Waals surface area (Å²) in [5.74, 6) is 0.643. The van der Waals surface area contributed by atoms with E-state index in [9.17, 15) is 5.11 Å². The SMILES string of the molecule is CN(C)CC1CC(O)CN1CC1CCCC1N. The molecule has 2 aliphatic rings. The monoisotopic (exact) mass is 241 g/mol. The van der Waals surface area contributed by atoms with Crippen molar-refractivity contribution in [3.8, 4) is 0 Å². The highest BCUT2D eigenvalue weighted by atomic mass is 16.3. The van der Waals surface area contributed by atoms with Crippen LogP contribution in [0.4, 0.5) is 0 Å². The summed E-state index contributed by atoms with van der Waals surface area (Å²) in [6, 6.07) is 0.889. The first-order valence-corrected chi connectivity index (χ1v) is 6.88. The molecule has 100 valence electrons. The molecule has 1 aliphatic heterocycles. The molecule has 3 N–H and O–H groups in total. The number of likely N-dealkylation sites (tertiary alicyclic amines) is 1. The van der Waals surface area contributed by atoms with Crippen LogP contribution < -0.4 is 5.73 Å². The maximum atomic E-state index is 9.83. The standard InChI is InChI=1S/C13H27N3O/c1-15(2)8-11-6-12(17)9-16(11)7-10-4-3-5-13(10)14/h10-13,17H,3-9,14H2,1-2H3. The number of nitrogens with zero attached hydrogens (tertiary/aromatic N) is 2. The number of hydrogen-bond donors (Lipinski definition) is 2. The van der Waals surface area contributed by atoms with Crippen LogP contribution in [0.1, 0.15) is 25.7 Å². The zero-order valence-electron chi connectivity index (χ0n) is 11.2. The molecule has 0 aromatic rings. The zero-order chi connectivity index (χ0) is 12.4. The van der Waals surface area contributed by atoms with Crippen molar-refractivity contribution in [1.82, 2.24) is 9.80 Å². The maximum absolute atomic E-state index is 9.83. The third-order valence-electron chi connectivity index (χ3n) is 4.27. The molecule has 1 saturated heterocycles. The van der Waals surface area contributed by atoms with Gasteiger partial charge in [-0.05, 0) is 39.3 Å². The van der Waals surface area contributed by atoms with Crippen molar-refractivity contribution in [2.75, 3.05) is 33.7 Å². The van der Waals surface area contributed by atoms with Crippen LogP contribution in [0.3, 0.4) is 0 Å². The molecule has 17 heavy (non-hydrogen) atoms. The Hall–Kier alpha value is -0.160. The average Bonchev–Trinajstić information content (AvgIpc) is 2.75. The molecule has 0 radical (unpaired) electrons. The van der Waals surface area contributed by atoms with E-state index in [2.05, 4.69) is 23.9 Å². The van der Waals surface area contributed by atoms with Crippen LogP contribution in [-0.2, 0) is 0 Å². The van der Waals surface area contributed by atoms with Gasteiger partial charge in [-0.15, -0.1) is 0 Å². The molecule has 4 atom stereocenters. The molecule has 4 nitrogen and oxygen atoms in total. The van der Waals surface area contributed by atoms with Gasteiger partial charge >= 0.3 is 0 Å². The highest BCUT2D eigenvalue weighted by Gasteiger charge is 2.34. The van der Waals surface area contributed by atoms with E-state index in [0.717, 1.165) is 26.1 Å². The van der Waals surface area contributed by atoms with E-state index in [4.69, 9.17) is 5.73 Å². The number of β-amino-alcohol motifs (C(OH)–C–C–N with tert-alkyl or cyclic N) is 1. The smallest absolute Gasteiger partial charge is 0.0682 e. The predicted octanol–water partition coefficient (Wildman–Crippen LogP) is 0.111. The van der Waals surface area contributed by atoms with Crippen molar-refractivity contribution in [2.24, 2.45) is 11.7 Å². The van der Waals surface area contributed by atoms with Crippen molar-refractivity contribution in [2.45, 2.75) is 43.9 Å². The van der Waals surface area contributed by atoms with E-state index < -0.39 is 0 Å². The van der Waals surface area contributed by atoms with E-state index in [1.165, 1.54) is 19.3 Å². The maximum Gasteiger partial charge on any atom is 0.0682 e. The second kappa shape index (κ2) is 5.65. The van der Waals surface area contributed by atoms with E-state index in [0.29, 0.717) is 18.0 Å². The molecule has 0 bridgehead atoms. The fourth-order valence-electron chi connectivity index (χ4n) is 3.39. The van der Waals surface area contributed by atoms with E-state index in [-0.39, 0.29) is 6.10 Å². The molecule has 0 amide bonds. The summed E-state index contributed by atoms with van der Waals surface area (Å²) < 4.78 is 0. The van der Waals surface area contributed by atoms with Gasteiger partial charge in [0.2, 0.25) is 0 Å². The Kier molecular flexibility index (Phi) is 4.42. The normalized spacial score (nSPS) is 39.4. The van der Waals surface area contributed by atoms with Gasteiger partial charge in [0.05, 0.1) is 6.10 Å². The summed E-state index contributed by atoms with van der Waals surface area (Å²) in [5, 5.41) is 9.83. The van der Waals surface area contributed by atoms with E-state index in [1.807, 2.05) is 0 Å². The average molecular weight is 241 g/mol. The number of likely N-dealkylation sites (N-methyl/N-ethyl adjacent to an activating group) is 1. The van der Waals surface area contributed by atoms with Crippen LogP contribution in [0.25, 0.3) is 0 Å². The first-order chi connectivity index (χ1) is 8.06. The topological polar surface area (TPSA) is 52.7 Å². The van der Waals surface area contributed by atoms with Gasteiger partial charge in [-0.1, -0.05) is 6.42 Å². The number of nitrogens with two attached hydrogens (primary N) is 1. The van der Waals surface area contributed by atoms with Gasteiger partial charge < -0.3 is 15.7 Å². The van der Waals surface area contributed by atoms with E-state index in [1.54, 1.807) is 0 Å². The summed E-state index contributed by atoms with van der Waals surface area (Å²) in [6.45, 7) is 2.96. The third kappa shape index (κ3) is 3.41. The highest BCUT2D eigenvalue weighted by molar-refractivity contribution is 4.90. The molecule has 1 saturated carbocycles. The second-order valence-corrected chi connectivity index (χ2v) is 6.11. The van der Waals surface area contributed by atoms with Crippen molar-refractivity contribution in [3.05, 3.63) is 0 Å². The lowest BCUT2D eigenvalue weighted by Crippen LogP contribution is -2.42. The van der Waals surface area contributed by atoms with Crippen molar-refractivity contribution in [3.63, 3.8) is 0 Å². The van der Waals surface area contributed by atoms with Crippen molar-refractivity contribution < 1.29 is 5.11 Å². The molecule has 0 aromatic heterocycles. The minimum Gasteiger partial charge on any atom is -0.392 e. The number of aliphatic hydroxyl groups is 1. The Morgan fingerprint density at radius 1 is 1.35 bits per heavy atom. The second-order valence-electron chi connectivity index (χ2n) is 6.11. The van der Waals surface area contributed by atoms with Crippen molar-refractivity contribution >= 4 is 0 Å². The molecule has 4 unspecified atom stereocenters. The number of rotatable bonds is 4. The number of hydrogen-bond acceptors (Lipinski definition) is 4. The first kappa shape index (κ1) is 13.3. The van der Waals surface area contributed by atoms with Gasteiger partial charge in [0, 0.05) is 31.7 Å². The number of aliphatic hydroxyl groups excluding tert-OH is 1. The van der Waals surface area contributed by atoms with Crippen LogP contribution >= 0.6 is 0 Å². The molecular weight excluding hydrogens is 214 g/mol.